The normalized spacial score (nSPS) is 15.0. The van der Waals surface area contributed by atoms with E-state index in [1.807, 2.05) is 12.1 Å². The van der Waals surface area contributed by atoms with Crippen molar-refractivity contribution in [3.05, 3.63) is 40.1 Å². The second-order valence-corrected chi connectivity index (χ2v) is 5.98. The number of hydrogen-bond acceptors (Lipinski definition) is 1. The van der Waals surface area contributed by atoms with Gasteiger partial charge in [-0.2, -0.15) is 0 Å². The molecule has 1 aromatic rings. The Morgan fingerprint density at radius 3 is 3.00 bits per heavy atom. The molecule has 2 rings (SSSR count). The van der Waals surface area contributed by atoms with Crippen LogP contribution in [0.15, 0.2) is 38.8 Å². The molecular weight excluding hydrogens is 227 g/mol. The number of rotatable bonds is 1. The fourth-order valence-electron chi connectivity index (χ4n) is 0.981. The van der Waals surface area contributed by atoms with E-state index < -0.39 is 22.9 Å². The second-order valence-electron chi connectivity index (χ2n) is 2.15. The van der Waals surface area contributed by atoms with Gasteiger partial charge in [-0.15, -0.1) is 0 Å². The van der Waals surface area contributed by atoms with Gasteiger partial charge in [-0.25, -0.2) is 0 Å². The van der Waals surface area contributed by atoms with E-state index in [1.165, 1.54) is 3.33 Å². The van der Waals surface area contributed by atoms with Gasteiger partial charge in [-0.05, 0) is 0 Å². The maximum absolute atomic E-state index is 5.26. The summed E-state index contributed by atoms with van der Waals surface area (Å²) in [6, 6.07) is 3.97. The Balaban J connectivity index is 2.30. The van der Waals surface area contributed by atoms with Gasteiger partial charge >= 0.3 is 70.8 Å². The van der Waals surface area contributed by atoms with E-state index in [2.05, 4.69) is 16.0 Å². The first-order valence-electron chi connectivity index (χ1n) is 3.22. The van der Waals surface area contributed by atoms with Gasteiger partial charge in [-0.3, -0.25) is 0 Å². The van der Waals surface area contributed by atoms with Crippen molar-refractivity contribution >= 4 is 26.2 Å². The molecule has 1 radical (unpaired) electrons. The molecule has 0 amide bonds. The van der Waals surface area contributed by atoms with Crippen LogP contribution in [0.5, 0.6) is 0 Å². The number of allylic oxidation sites excluding steroid dienone is 2. The predicted octanol–water partition coefficient (Wildman–Crippen LogP) is 1.85. The van der Waals surface area contributed by atoms with Crippen molar-refractivity contribution in [1.82, 2.24) is 0 Å². The summed E-state index contributed by atoms with van der Waals surface area (Å²) in [5, 5.41) is 0. The van der Waals surface area contributed by atoms with E-state index in [9.17, 15) is 0 Å². The van der Waals surface area contributed by atoms with Crippen LogP contribution in [-0.4, -0.2) is 22.9 Å². The molecule has 2 heteroatoms. The summed E-state index contributed by atoms with van der Waals surface area (Å²) in [7, 11) is 0. The molecule has 1 aliphatic rings. The Bertz CT molecular complexity index is 269. The van der Waals surface area contributed by atoms with Crippen molar-refractivity contribution in [3.8, 4) is 0 Å². The van der Waals surface area contributed by atoms with Crippen molar-refractivity contribution in [1.29, 1.82) is 0 Å². The summed E-state index contributed by atoms with van der Waals surface area (Å²) < 4.78 is 9.03. The molecule has 0 atom stereocenters. The zero-order chi connectivity index (χ0) is 6.81. The molecule has 0 aliphatic carbocycles. The first-order valence-corrected chi connectivity index (χ1v) is 6.77. The van der Waals surface area contributed by atoms with Crippen LogP contribution in [0.1, 0.15) is 5.76 Å². The van der Waals surface area contributed by atoms with Crippen LogP contribution in [0, 0.1) is 0 Å². The van der Waals surface area contributed by atoms with E-state index >= 15 is 0 Å². The molecule has 10 heavy (non-hydrogen) atoms. The van der Waals surface area contributed by atoms with Crippen LogP contribution in [-0.2, 0) is 0 Å². The molecule has 0 saturated heterocycles. The minimum atomic E-state index is -0.542. The summed E-state index contributed by atoms with van der Waals surface area (Å²) in [6.07, 6.45) is 6.04. The first-order chi connectivity index (χ1) is 4.97. The van der Waals surface area contributed by atoms with Crippen molar-refractivity contribution < 1.29 is 4.42 Å². The van der Waals surface area contributed by atoms with Crippen molar-refractivity contribution in [2.75, 3.05) is 0 Å². The summed E-state index contributed by atoms with van der Waals surface area (Å²) in [5.41, 5.74) is 0. The van der Waals surface area contributed by atoms with E-state index in [0.717, 1.165) is 5.76 Å². The van der Waals surface area contributed by atoms with Crippen LogP contribution in [0.25, 0.3) is 3.33 Å². The molecule has 1 nitrogen and oxygen atoms in total. The van der Waals surface area contributed by atoms with Crippen LogP contribution >= 0.6 is 0 Å². The summed E-state index contributed by atoms with van der Waals surface area (Å²) >= 11 is -0.542. The van der Waals surface area contributed by atoms with Gasteiger partial charge in [0, 0.05) is 0 Å². The fraction of sp³-hybridized carbons (Fsp3) is 0. The Morgan fingerprint density at radius 1 is 1.40 bits per heavy atom. The topological polar surface area (TPSA) is 13.1 Å². The Morgan fingerprint density at radius 2 is 2.40 bits per heavy atom. The van der Waals surface area contributed by atoms with Gasteiger partial charge in [-0.1, -0.05) is 0 Å². The Hall–Kier alpha value is -0.370. The van der Waals surface area contributed by atoms with Crippen LogP contribution in [0.2, 0.25) is 0 Å². The Kier molecular flexibility index (Phi) is 1.72. The quantitative estimate of drug-likeness (QED) is 0.721. The summed E-state index contributed by atoms with van der Waals surface area (Å²) in [6.45, 7) is 0. The molecule has 1 aliphatic heterocycles. The van der Waals surface area contributed by atoms with E-state index in [1.54, 1.807) is 6.26 Å². The van der Waals surface area contributed by atoms with Gasteiger partial charge in [0.15, 0.2) is 0 Å². The molecule has 2 heterocycles. The molecule has 0 unspecified atom stereocenters. The monoisotopic (exact) mass is 233 g/mol. The van der Waals surface area contributed by atoms with Crippen molar-refractivity contribution in [2.45, 2.75) is 0 Å². The predicted molar refractivity (Wildman–Crippen MR) is 41.6 cm³/mol. The van der Waals surface area contributed by atoms with Gasteiger partial charge < -0.3 is 0 Å². The number of hydrogen-bond donors (Lipinski definition) is 0. The molecular formula is C8H6InO. The molecule has 0 bridgehead atoms. The van der Waals surface area contributed by atoms with Crippen LogP contribution in [0.4, 0.5) is 0 Å². The minimum absolute atomic E-state index is 0.542. The van der Waals surface area contributed by atoms with Crippen molar-refractivity contribution in [2.24, 2.45) is 0 Å². The second kappa shape index (κ2) is 2.70. The molecule has 0 aromatic carbocycles. The third-order valence-electron chi connectivity index (χ3n) is 1.47. The molecule has 0 saturated carbocycles. The summed E-state index contributed by atoms with van der Waals surface area (Å²) in [5.74, 6) is 1.08. The molecule has 0 N–H and O–H groups in total. The van der Waals surface area contributed by atoms with Gasteiger partial charge in [0.05, 0.1) is 0 Å². The third-order valence-corrected chi connectivity index (χ3v) is 5.04. The third kappa shape index (κ3) is 1.08. The Labute approximate surface area is 70.8 Å². The van der Waals surface area contributed by atoms with E-state index in [4.69, 9.17) is 4.42 Å². The average molecular weight is 233 g/mol. The standard InChI is InChI=1S/C8H6O.In/c1-2-3-5-8-6-4-7-9-8;/h1-4,6-7H;. The molecule has 1 aromatic heterocycles. The first kappa shape index (κ1) is 6.35. The molecule has 0 fully saturated rings. The van der Waals surface area contributed by atoms with Crippen molar-refractivity contribution in [3.63, 3.8) is 0 Å². The fourth-order valence-corrected chi connectivity index (χ4v) is 3.78. The van der Waals surface area contributed by atoms with E-state index in [-0.39, 0.29) is 0 Å². The SMILES string of the molecule is C1=[CH][In][C](c2ccco2)=C1. The van der Waals surface area contributed by atoms with Gasteiger partial charge in [0.1, 0.15) is 0 Å². The molecule has 47 valence electrons. The van der Waals surface area contributed by atoms with Gasteiger partial charge in [0.2, 0.25) is 0 Å². The number of furan rings is 1. The zero-order valence-corrected chi connectivity index (χ0v) is 8.75. The van der Waals surface area contributed by atoms with Crippen LogP contribution < -0.4 is 0 Å². The summed E-state index contributed by atoms with van der Waals surface area (Å²) in [4.78, 5) is 0. The van der Waals surface area contributed by atoms with E-state index in [0.29, 0.717) is 0 Å². The average Bonchev–Trinajstić information content (AvgIpc) is 2.59. The van der Waals surface area contributed by atoms with Gasteiger partial charge in [0.25, 0.3) is 0 Å². The zero-order valence-electron chi connectivity index (χ0n) is 5.45. The molecule has 0 spiro atoms. The van der Waals surface area contributed by atoms with Crippen LogP contribution in [0.3, 0.4) is 0 Å². The maximum atomic E-state index is 5.26.